The Morgan fingerprint density at radius 2 is 1.83 bits per heavy atom. The first-order chi connectivity index (χ1) is 20.1. The zero-order valence-corrected chi connectivity index (χ0v) is 24.1. The van der Waals surface area contributed by atoms with Crippen LogP contribution in [0.4, 0.5) is 0 Å². The third-order valence-electron chi connectivity index (χ3n) is 8.41. The van der Waals surface area contributed by atoms with Gasteiger partial charge in [0.25, 0.3) is 0 Å². The number of likely N-dealkylation sites (tertiary alicyclic amines) is 1. The van der Waals surface area contributed by atoms with Crippen LogP contribution in [-0.4, -0.2) is 85.1 Å². The number of halogens is 1. The van der Waals surface area contributed by atoms with Crippen molar-refractivity contribution in [1.29, 1.82) is 0 Å². The van der Waals surface area contributed by atoms with Gasteiger partial charge in [-0.1, -0.05) is 42.0 Å². The van der Waals surface area contributed by atoms with Crippen LogP contribution in [0.5, 0.6) is 5.88 Å². The summed E-state index contributed by atoms with van der Waals surface area (Å²) >= 11 is 6.05. The quantitative estimate of drug-likeness (QED) is 0.476. The molecule has 1 aliphatic carbocycles. The zero-order chi connectivity index (χ0) is 28.1. The molecule has 0 amide bonds. The molecule has 3 aliphatic heterocycles. The summed E-state index contributed by atoms with van der Waals surface area (Å²) in [4.78, 5) is 9.36. The molecule has 1 aromatic carbocycles. The van der Waals surface area contributed by atoms with Crippen LogP contribution in [0, 0.1) is 0 Å². The normalized spacial score (nSPS) is 23.7. The number of piperidine rings is 1. The molecule has 8 heteroatoms. The Morgan fingerprint density at radius 3 is 2.63 bits per heavy atom. The molecule has 1 atom stereocenters. The van der Waals surface area contributed by atoms with E-state index in [2.05, 4.69) is 39.1 Å². The Balaban J connectivity index is 1.12. The summed E-state index contributed by atoms with van der Waals surface area (Å²) < 4.78 is 18.2. The summed E-state index contributed by atoms with van der Waals surface area (Å²) in [6.45, 7) is 7.61. The van der Waals surface area contributed by atoms with Gasteiger partial charge in [-0.15, -0.1) is 0 Å². The summed E-state index contributed by atoms with van der Waals surface area (Å²) in [7, 11) is 0. The maximum atomic E-state index is 11.3. The number of pyridine rings is 1. The highest BCUT2D eigenvalue weighted by Gasteiger charge is 2.33. The molecule has 0 saturated carbocycles. The van der Waals surface area contributed by atoms with Gasteiger partial charge in [0, 0.05) is 61.6 Å². The van der Waals surface area contributed by atoms with E-state index in [1.54, 1.807) is 6.20 Å². The molecule has 1 unspecified atom stereocenters. The molecule has 1 aromatic heterocycles. The van der Waals surface area contributed by atoms with E-state index in [0.29, 0.717) is 30.4 Å². The summed E-state index contributed by atoms with van der Waals surface area (Å²) in [5.74, 6) is 1.40. The Kier molecular flexibility index (Phi) is 9.01. The molecular formula is C33H38ClN3O4. The van der Waals surface area contributed by atoms with Crippen LogP contribution in [0.1, 0.15) is 30.4 Å². The van der Waals surface area contributed by atoms with Gasteiger partial charge in [0.05, 0.1) is 25.4 Å². The van der Waals surface area contributed by atoms with E-state index in [4.69, 9.17) is 25.8 Å². The van der Waals surface area contributed by atoms with Crippen molar-refractivity contribution in [3.05, 3.63) is 100 Å². The highest BCUT2D eigenvalue weighted by atomic mass is 35.5. The monoisotopic (exact) mass is 575 g/mol. The molecule has 216 valence electrons. The van der Waals surface area contributed by atoms with E-state index in [1.165, 1.54) is 0 Å². The molecule has 41 heavy (non-hydrogen) atoms. The molecule has 1 N–H and O–H groups in total. The molecular weight excluding hydrogens is 538 g/mol. The molecule has 0 spiro atoms. The fraction of sp³-hybridized carbons (Fsp3) is 0.424. The molecule has 4 aliphatic rings. The number of hydrogen-bond acceptors (Lipinski definition) is 7. The highest BCUT2D eigenvalue weighted by molar-refractivity contribution is 6.30. The van der Waals surface area contributed by atoms with Gasteiger partial charge < -0.3 is 24.2 Å². The van der Waals surface area contributed by atoms with Crippen molar-refractivity contribution in [2.75, 3.05) is 59.1 Å². The molecule has 0 radical (unpaired) electrons. The Bertz CT molecular complexity index is 1320. The maximum absolute atomic E-state index is 11.3. The number of nitrogens with zero attached hydrogens (tertiary/aromatic N) is 3. The molecule has 6 rings (SSSR count). The van der Waals surface area contributed by atoms with E-state index in [9.17, 15) is 5.11 Å². The van der Waals surface area contributed by atoms with Gasteiger partial charge >= 0.3 is 0 Å². The second-order valence-electron chi connectivity index (χ2n) is 11.0. The number of allylic oxidation sites excluding steroid dienone is 4. The Labute approximate surface area is 247 Å². The molecule has 0 bridgehead atoms. The fourth-order valence-corrected chi connectivity index (χ4v) is 6.04. The van der Waals surface area contributed by atoms with Crippen LogP contribution in [0.15, 0.2) is 84.3 Å². The second-order valence-corrected chi connectivity index (χ2v) is 11.5. The topological polar surface area (TPSA) is 67.3 Å². The van der Waals surface area contributed by atoms with Crippen molar-refractivity contribution in [3.8, 4) is 5.88 Å². The lowest BCUT2D eigenvalue weighted by atomic mass is 9.84. The van der Waals surface area contributed by atoms with E-state index < -0.39 is 5.60 Å². The van der Waals surface area contributed by atoms with Crippen LogP contribution < -0.4 is 4.74 Å². The minimum absolute atomic E-state index is 0.179. The summed E-state index contributed by atoms with van der Waals surface area (Å²) in [5.41, 5.74) is 3.26. The van der Waals surface area contributed by atoms with E-state index in [1.807, 2.05) is 42.5 Å². The van der Waals surface area contributed by atoms with E-state index in [0.717, 1.165) is 86.9 Å². The van der Waals surface area contributed by atoms with Gasteiger partial charge in [-0.25, -0.2) is 4.98 Å². The minimum atomic E-state index is -0.790. The predicted molar refractivity (Wildman–Crippen MR) is 161 cm³/mol. The lowest BCUT2D eigenvalue weighted by Crippen LogP contribution is -2.42. The molecule has 2 saturated heterocycles. The number of aromatic nitrogens is 1. The number of ether oxygens (including phenoxy) is 3. The summed E-state index contributed by atoms with van der Waals surface area (Å²) in [6.07, 6.45) is 14.5. The second kappa shape index (κ2) is 13.0. The number of rotatable bonds is 8. The first-order valence-electron chi connectivity index (χ1n) is 14.6. The highest BCUT2D eigenvalue weighted by Crippen LogP contribution is 2.37. The van der Waals surface area contributed by atoms with Crippen LogP contribution in [-0.2, 0) is 15.1 Å². The van der Waals surface area contributed by atoms with Gasteiger partial charge in [-0.3, -0.25) is 4.90 Å². The number of hydrogen-bond donors (Lipinski definition) is 1. The van der Waals surface area contributed by atoms with Crippen molar-refractivity contribution >= 4 is 17.2 Å². The van der Waals surface area contributed by atoms with Crippen LogP contribution in [0.25, 0.3) is 5.57 Å². The van der Waals surface area contributed by atoms with Crippen LogP contribution in [0.3, 0.4) is 0 Å². The SMILES string of the molecule is OC1(c2ccc(Cl)cc2)CCN(CCC=C2C=C3C(=CC=CC3OCCN3CCOCC3)Oc3ncccc32)CC1. The van der Waals surface area contributed by atoms with Gasteiger partial charge in [0.15, 0.2) is 0 Å². The van der Waals surface area contributed by atoms with Crippen molar-refractivity contribution in [1.82, 2.24) is 14.8 Å². The Hall–Kier alpha value is -2.78. The first kappa shape index (κ1) is 28.3. The smallest absolute Gasteiger partial charge is 0.227 e. The van der Waals surface area contributed by atoms with Crippen molar-refractivity contribution < 1.29 is 19.3 Å². The van der Waals surface area contributed by atoms with E-state index >= 15 is 0 Å². The third kappa shape index (κ3) is 6.83. The number of benzene rings is 1. The Morgan fingerprint density at radius 1 is 1.05 bits per heavy atom. The van der Waals surface area contributed by atoms with E-state index in [-0.39, 0.29) is 6.10 Å². The molecule has 2 aromatic rings. The zero-order valence-electron chi connectivity index (χ0n) is 23.4. The van der Waals surface area contributed by atoms with Gasteiger partial charge in [0.1, 0.15) is 11.9 Å². The lowest BCUT2D eigenvalue weighted by Gasteiger charge is -2.38. The van der Waals surface area contributed by atoms with Crippen LogP contribution in [0.2, 0.25) is 5.02 Å². The lowest BCUT2D eigenvalue weighted by molar-refractivity contribution is -0.0254. The maximum Gasteiger partial charge on any atom is 0.227 e. The fourth-order valence-electron chi connectivity index (χ4n) is 5.92. The standard InChI is InChI=1S/C33H38ClN3O4/c34-27-10-8-26(9-11-27)33(38)12-16-36(17-13-33)15-3-4-25-24-29-30(40-23-20-37-18-21-39-22-19-37)6-1-7-31(29)41-32-28(25)5-2-14-35-32/h1-2,4-11,14,24,30,38H,3,12-13,15-23H2. The first-order valence-corrected chi connectivity index (χ1v) is 15.0. The van der Waals surface area contributed by atoms with Crippen molar-refractivity contribution in [2.24, 2.45) is 0 Å². The summed E-state index contributed by atoms with van der Waals surface area (Å²) in [6, 6.07) is 11.6. The third-order valence-corrected chi connectivity index (χ3v) is 8.66. The van der Waals surface area contributed by atoms with Crippen molar-refractivity contribution in [3.63, 3.8) is 0 Å². The minimum Gasteiger partial charge on any atom is -0.438 e. The van der Waals surface area contributed by atoms with Crippen molar-refractivity contribution in [2.45, 2.75) is 31.0 Å². The molecule has 2 fully saturated rings. The predicted octanol–water partition coefficient (Wildman–Crippen LogP) is 4.98. The molecule has 7 nitrogen and oxygen atoms in total. The average molecular weight is 576 g/mol. The summed E-state index contributed by atoms with van der Waals surface area (Å²) in [5, 5.41) is 11.9. The number of fused-ring (bicyclic) bond motifs is 2. The van der Waals surface area contributed by atoms with Gasteiger partial charge in [0.2, 0.25) is 5.88 Å². The number of morpholine rings is 1. The largest absolute Gasteiger partial charge is 0.438 e. The molecule has 4 heterocycles. The average Bonchev–Trinajstić information content (AvgIpc) is 3.16. The van der Waals surface area contributed by atoms with Gasteiger partial charge in [-0.05, 0) is 66.8 Å². The number of aliphatic hydroxyl groups is 1. The van der Waals surface area contributed by atoms with Gasteiger partial charge in [-0.2, -0.15) is 0 Å². The van der Waals surface area contributed by atoms with Crippen LogP contribution >= 0.6 is 11.6 Å².